The highest BCUT2D eigenvalue weighted by Crippen LogP contribution is 2.43. The van der Waals surface area contributed by atoms with Gasteiger partial charge in [0.25, 0.3) is 5.91 Å². The molecule has 0 saturated heterocycles. The van der Waals surface area contributed by atoms with E-state index in [0.29, 0.717) is 27.6 Å². The second-order valence-electron chi connectivity index (χ2n) is 7.11. The zero-order valence-corrected chi connectivity index (χ0v) is 17.9. The van der Waals surface area contributed by atoms with Gasteiger partial charge in [0.15, 0.2) is 5.76 Å². The zero-order chi connectivity index (χ0) is 22.3. The molecule has 7 nitrogen and oxygen atoms in total. The predicted octanol–water partition coefficient (Wildman–Crippen LogP) is 4.26. The van der Waals surface area contributed by atoms with Crippen molar-refractivity contribution in [1.82, 2.24) is 4.98 Å². The Morgan fingerprint density at radius 2 is 1.84 bits per heavy atom. The molecule has 8 heteroatoms. The maximum Gasteiger partial charge on any atom is 0.294 e. The second kappa shape index (κ2) is 7.88. The summed E-state index contributed by atoms with van der Waals surface area (Å²) in [5.41, 5.74) is 1.56. The summed E-state index contributed by atoms with van der Waals surface area (Å²) >= 11 is 1.22. The number of carbonyl (C=O) groups is 2. The van der Waals surface area contributed by atoms with Crippen LogP contribution in [0, 0.1) is 13.8 Å². The van der Waals surface area contributed by atoms with Crippen LogP contribution in [0.2, 0.25) is 0 Å². The van der Waals surface area contributed by atoms with Gasteiger partial charge in [-0.15, -0.1) is 11.3 Å². The quantitative estimate of drug-likeness (QED) is 0.580. The molecule has 1 atom stereocenters. The number of carbonyl (C=O) groups excluding carboxylic acids is 2. The van der Waals surface area contributed by atoms with E-state index in [0.717, 1.165) is 5.01 Å². The van der Waals surface area contributed by atoms with Crippen LogP contribution >= 0.6 is 11.3 Å². The number of anilines is 1. The molecule has 158 valence electrons. The summed E-state index contributed by atoms with van der Waals surface area (Å²) in [7, 11) is 1.52. The SMILES string of the molecule is COc1cccc(N2C(=O)C(O)=C(C(=O)c3sc(C)nc3C)C2c2ccc(O)cc2)c1. The Morgan fingerprint density at radius 3 is 2.45 bits per heavy atom. The summed E-state index contributed by atoms with van der Waals surface area (Å²) in [6, 6.07) is 12.1. The lowest BCUT2D eigenvalue weighted by atomic mass is 9.94. The van der Waals surface area contributed by atoms with Crippen molar-refractivity contribution in [2.75, 3.05) is 12.0 Å². The molecule has 0 spiro atoms. The number of aliphatic hydroxyl groups is 1. The van der Waals surface area contributed by atoms with Crippen LogP contribution in [-0.2, 0) is 4.79 Å². The van der Waals surface area contributed by atoms with Crippen molar-refractivity contribution >= 4 is 28.7 Å². The number of phenolic OH excluding ortho intramolecular Hbond substituents is 1. The Hall–Kier alpha value is -3.65. The molecule has 3 aromatic rings. The second-order valence-corrected chi connectivity index (χ2v) is 8.31. The smallest absolute Gasteiger partial charge is 0.294 e. The standard InChI is InChI=1S/C23H20N2O5S/c1-12-22(31-13(2)24-12)20(27)18-19(14-7-9-16(26)10-8-14)25(23(29)21(18)28)15-5-4-6-17(11-15)30-3/h4-11,19,26,28H,1-3H3. The maximum atomic E-state index is 13.5. The van der Waals surface area contributed by atoms with Crippen molar-refractivity contribution in [3.63, 3.8) is 0 Å². The van der Waals surface area contributed by atoms with Gasteiger partial charge < -0.3 is 14.9 Å². The van der Waals surface area contributed by atoms with E-state index in [2.05, 4.69) is 4.98 Å². The van der Waals surface area contributed by atoms with Gasteiger partial charge in [-0.3, -0.25) is 14.5 Å². The van der Waals surface area contributed by atoms with Crippen molar-refractivity contribution in [1.29, 1.82) is 0 Å². The van der Waals surface area contributed by atoms with Crippen LogP contribution < -0.4 is 9.64 Å². The number of ether oxygens (including phenoxy) is 1. The fourth-order valence-corrected chi connectivity index (χ4v) is 4.57. The van der Waals surface area contributed by atoms with Gasteiger partial charge in [0.2, 0.25) is 5.78 Å². The van der Waals surface area contributed by atoms with Gasteiger partial charge in [0.1, 0.15) is 11.5 Å². The van der Waals surface area contributed by atoms with E-state index in [1.807, 2.05) is 0 Å². The first-order valence-corrected chi connectivity index (χ1v) is 10.3. The number of aromatic hydroxyl groups is 1. The average molecular weight is 436 g/mol. The minimum Gasteiger partial charge on any atom is -0.508 e. The number of aromatic nitrogens is 1. The molecule has 0 radical (unpaired) electrons. The number of rotatable bonds is 5. The van der Waals surface area contributed by atoms with Crippen LogP contribution in [0.25, 0.3) is 0 Å². The lowest BCUT2D eigenvalue weighted by Crippen LogP contribution is -2.31. The van der Waals surface area contributed by atoms with Gasteiger partial charge in [-0.2, -0.15) is 0 Å². The third-order valence-electron chi connectivity index (χ3n) is 5.10. The van der Waals surface area contributed by atoms with Gasteiger partial charge in [-0.25, -0.2) is 4.98 Å². The van der Waals surface area contributed by atoms with Crippen molar-refractivity contribution in [2.24, 2.45) is 0 Å². The van der Waals surface area contributed by atoms with Gasteiger partial charge in [-0.1, -0.05) is 18.2 Å². The summed E-state index contributed by atoms with van der Waals surface area (Å²) in [5.74, 6) is -1.15. The topological polar surface area (TPSA) is 100.0 Å². The number of Topliss-reactive ketones (excluding diaryl/α,β-unsaturated/α-hetero) is 1. The highest BCUT2D eigenvalue weighted by Gasteiger charge is 2.45. The van der Waals surface area contributed by atoms with E-state index < -0.39 is 23.5 Å². The van der Waals surface area contributed by atoms with Crippen LogP contribution in [0.1, 0.15) is 32.0 Å². The molecule has 31 heavy (non-hydrogen) atoms. The fourth-order valence-electron chi connectivity index (χ4n) is 3.70. The monoisotopic (exact) mass is 436 g/mol. The number of ketones is 1. The third kappa shape index (κ3) is 3.55. The molecule has 1 unspecified atom stereocenters. The van der Waals surface area contributed by atoms with Crippen molar-refractivity contribution < 1.29 is 24.5 Å². The van der Waals surface area contributed by atoms with Crippen LogP contribution in [0.3, 0.4) is 0 Å². The largest absolute Gasteiger partial charge is 0.508 e. The molecule has 1 amide bonds. The molecular weight excluding hydrogens is 416 g/mol. The number of amides is 1. The van der Waals surface area contributed by atoms with Gasteiger partial charge in [0.05, 0.1) is 34.3 Å². The number of aryl methyl sites for hydroxylation is 2. The number of hydrogen-bond acceptors (Lipinski definition) is 7. The highest BCUT2D eigenvalue weighted by molar-refractivity contribution is 7.14. The number of phenols is 1. The van der Waals surface area contributed by atoms with E-state index in [1.54, 1.807) is 50.2 Å². The molecule has 1 aromatic heterocycles. The Labute approximate surface area is 182 Å². The average Bonchev–Trinajstić information content (AvgIpc) is 3.23. The molecule has 2 heterocycles. The molecule has 0 aliphatic carbocycles. The molecule has 2 aromatic carbocycles. The summed E-state index contributed by atoms with van der Waals surface area (Å²) in [6.45, 7) is 3.52. The molecule has 4 rings (SSSR count). The molecule has 0 saturated carbocycles. The normalized spacial score (nSPS) is 16.2. The first-order chi connectivity index (χ1) is 14.8. The number of nitrogens with zero attached hydrogens (tertiary/aromatic N) is 2. The van der Waals surface area contributed by atoms with Gasteiger partial charge in [0, 0.05) is 11.8 Å². The third-order valence-corrected chi connectivity index (χ3v) is 6.17. The van der Waals surface area contributed by atoms with Crippen LogP contribution in [0.15, 0.2) is 59.9 Å². The Balaban J connectivity index is 1.89. The Bertz CT molecular complexity index is 1210. The van der Waals surface area contributed by atoms with Gasteiger partial charge >= 0.3 is 0 Å². The minimum absolute atomic E-state index is 0.0229. The Kier molecular flexibility index (Phi) is 5.24. The molecule has 1 aliphatic heterocycles. The zero-order valence-electron chi connectivity index (χ0n) is 17.1. The van der Waals surface area contributed by atoms with Crippen molar-refractivity contribution in [3.05, 3.63) is 81.0 Å². The van der Waals surface area contributed by atoms with E-state index in [-0.39, 0.29) is 11.3 Å². The van der Waals surface area contributed by atoms with Crippen LogP contribution in [-0.4, -0.2) is 34.0 Å². The summed E-state index contributed by atoms with van der Waals surface area (Å²) in [5, 5.41) is 21.2. The first kappa shape index (κ1) is 20.6. The van der Waals surface area contributed by atoms with Crippen molar-refractivity contribution in [3.8, 4) is 11.5 Å². The van der Waals surface area contributed by atoms with E-state index in [9.17, 15) is 19.8 Å². The van der Waals surface area contributed by atoms with E-state index in [4.69, 9.17) is 4.74 Å². The minimum atomic E-state index is -0.880. The molecule has 1 aliphatic rings. The van der Waals surface area contributed by atoms with Crippen LogP contribution in [0.4, 0.5) is 5.69 Å². The molecule has 0 fully saturated rings. The summed E-state index contributed by atoms with van der Waals surface area (Å²) in [4.78, 5) is 32.7. The van der Waals surface area contributed by atoms with Crippen LogP contribution in [0.5, 0.6) is 11.5 Å². The predicted molar refractivity (Wildman–Crippen MR) is 117 cm³/mol. The number of aliphatic hydroxyl groups excluding tert-OH is 1. The first-order valence-electron chi connectivity index (χ1n) is 9.50. The number of benzene rings is 2. The highest BCUT2D eigenvalue weighted by atomic mass is 32.1. The molecule has 2 N–H and O–H groups in total. The number of thiazole rings is 1. The molecular formula is C23H20N2O5S. The number of methoxy groups -OCH3 is 1. The van der Waals surface area contributed by atoms with E-state index in [1.165, 1.54) is 35.5 Å². The number of hydrogen-bond donors (Lipinski definition) is 2. The molecule has 0 bridgehead atoms. The van der Waals surface area contributed by atoms with E-state index >= 15 is 0 Å². The summed E-state index contributed by atoms with van der Waals surface area (Å²) in [6.07, 6.45) is 0. The maximum absolute atomic E-state index is 13.5. The van der Waals surface area contributed by atoms with Crippen molar-refractivity contribution in [2.45, 2.75) is 19.9 Å². The lowest BCUT2D eigenvalue weighted by molar-refractivity contribution is -0.117. The fraction of sp³-hybridized carbons (Fsp3) is 0.174. The van der Waals surface area contributed by atoms with Gasteiger partial charge in [-0.05, 0) is 43.7 Å². The lowest BCUT2D eigenvalue weighted by Gasteiger charge is -2.27. The Morgan fingerprint density at radius 1 is 1.13 bits per heavy atom. The summed E-state index contributed by atoms with van der Waals surface area (Å²) < 4.78 is 5.27.